The first-order valence-electron chi connectivity index (χ1n) is 10.9. The van der Waals surface area contributed by atoms with Crippen molar-refractivity contribution in [1.82, 2.24) is 5.32 Å². The summed E-state index contributed by atoms with van der Waals surface area (Å²) >= 11 is 1.04. The Morgan fingerprint density at radius 1 is 1.23 bits per heavy atom. The highest BCUT2D eigenvalue weighted by molar-refractivity contribution is 7.15. The van der Waals surface area contributed by atoms with Gasteiger partial charge in [-0.15, -0.1) is 11.3 Å². The fourth-order valence-electron chi connectivity index (χ4n) is 3.57. The largest absolute Gasteiger partial charge is 0.477 e. The summed E-state index contributed by atoms with van der Waals surface area (Å²) < 4.78 is 0. The van der Waals surface area contributed by atoms with Crippen LogP contribution in [-0.4, -0.2) is 35.5 Å². The van der Waals surface area contributed by atoms with Crippen LogP contribution in [0.4, 0.5) is 5.69 Å². The first-order chi connectivity index (χ1) is 14.4. The molecule has 0 saturated heterocycles. The molecule has 0 unspecified atom stereocenters. The highest BCUT2D eigenvalue weighted by Gasteiger charge is 2.33. The molecule has 1 heterocycles. The molecule has 0 atom stereocenters. The Morgan fingerprint density at radius 2 is 1.84 bits per heavy atom. The third-order valence-electron chi connectivity index (χ3n) is 5.14. The number of carbonyl (C=O) groups is 3. The van der Waals surface area contributed by atoms with Crippen molar-refractivity contribution in [2.75, 3.05) is 11.4 Å². The van der Waals surface area contributed by atoms with Gasteiger partial charge in [0.05, 0.1) is 10.6 Å². The van der Waals surface area contributed by atoms with E-state index in [0.717, 1.165) is 37.0 Å². The summed E-state index contributed by atoms with van der Waals surface area (Å²) in [4.78, 5) is 39.9. The average Bonchev–Trinajstić information content (AvgIpc) is 3.08. The molecular weight excluding hydrogens is 412 g/mol. The van der Waals surface area contributed by atoms with Crippen LogP contribution in [0.2, 0.25) is 0 Å². The van der Waals surface area contributed by atoms with Gasteiger partial charge in [0.15, 0.2) is 0 Å². The topological polar surface area (TPSA) is 86.7 Å². The molecule has 1 aromatic heterocycles. The van der Waals surface area contributed by atoms with Gasteiger partial charge in [0.2, 0.25) is 11.8 Å². The maximum atomic E-state index is 13.4. The van der Waals surface area contributed by atoms with E-state index in [1.807, 2.05) is 34.6 Å². The standard InChI is InChI=1S/C24H34N2O4S/c1-15(2)25-20(27)14-26(22(28)17-9-7-16(3)8-10-17)19-13-18(11-12-24(4,5)6)31-21(19)23(29)30/h13,15-17H,7-10,14H2,1-6H3,(H,25,27)(H,29,30). The Hall–Kier alpha value is -2.33. The van der Waals surface area contributed by atoms with E-state index in [9.17, 15) is 19.5 Å². The summed E-state index contributed by atoms with van der Waals surface area (Å²) in [5.74, 6) is 4.91. The van der Waals surface area contributed by atoms with Gasteiger partial charge in [0, 0.05) is 17.4 Å². The molecule has 0 spiro atoms. The maximum Gasteiger partial charge on any atom is 0.348 e. The van der Waals surface area contributed by atoms with Gasteiger partial charge in [-0.05, 0) is 72.3 Å². The summed E-state index contributed by atoms with van der Waals surface area (Å²) in [6.45, 7) is 11.6. The van der Waals surface area contributed by atoms with Gasteiger partial charge in [-0.25, -0.2) is 4.79 Å². The second-order valence-electron chi connectivity index (χ2n) is 9.73. The molecule has 1 aromatic rings. The predicted octanol–water partition coefficient (Wildman–Crippen LogP) is 4.53. The number of rotatable bonds is 6. The van der Waals surface area contributed by atoms with Crippen LogP contribution in [0.15, 0.2) is 6.07 Å². The van der Waals surface area contributed by atoms with Gasteiger partial charge >= 0.3 is 5.97 Å². The van der Waals surface area contributed by atoms with Crippen LogP contribution in [0.3, 0.4) is 0 Å². The van der Waals surface area contributed by atoms with Crippen LogP contribution in [-0.2, 0) is 9.59 Å². The molecule has 7 heteroatoms. The van der Waals surface area contributed by atoms with Gasteiger partial charge in [-0.2, -0.15) is 0 Å². The zero-order chi connectivity index (χ0) is 23.3. The molecule has 1 aliphatic carbocycles. The van der Waals surface area contributed by atoms with Gasteiger partial charge in [0.25, 0.3) is 0 Å². The number of hydrogen-bond acceptors (Lipinski definition) is 4. The van der Waals surface area contributed by atoms with Gasteiger partial charge < -0.3 is 15.3 Å². The smallest absolute Gasteiger partial charge is 0.348 e. The molecule has 0 bridgehead atoms. The lowest BCUT2D eigenvalue weighted by atomic mass is 9.82. The number of amides is 2. The van der Waals surface area contributed by atoms with E-state index in [1.165, 1.54) is 4.90 Å². The highest BCUT2D eigenvalue weighted by atomic mass is 32.1. The van der Waals surface area contributed by atoms with E-state index in [-0.39, 0.29) is 46.3 Å². The van der Waals surface area contributed by atoms with Crippen molar-refractivity contribution < 1.29 is 19.5 Å². The number of nitrogens with one attached hydrogen (secondary N) is 1. The van der Waals surface area contributed by atoms with Crippen LogP contribution in [0.25, 0.3) is 0 Å². The van der Waals surface area contributed by atoms with Crippen molar-refractivity contribution >= 4 is 34.8 Å². The third-order valence-corrected chi connectivity index (χ3v) is 6.17. The number of aromatic carboxylic acids is 1. The lowest BCUT2D eigenvalue weighted by Gasteiger charge is -2.31. The molecule has 0 aliphatic heterocycles. The second-order valence-corrected chi connectivity index (χ2v) is 10.8. The predicted molar refractivity (Wildman–Crippen MR) is 124 cm³/mol. The number of carboxylic acid groups (broad SMARTS) is 1. The minimum Gasteiger partial charge on any atom is -0.477 e. The van der Waals surface area contributed by atoms with Crippen molar-refractivity contribution in [3.63, 3.8) is 0 Å². The minimum absolute atomic E-state index is 0.0353. The van der Waals surface area contributed by atoms with E-state index in [4.69, 9.17) is 0 Å². The zero-order valence-corrected chi connectivity index (χ0v) is 20.2. The number of anilines is 1. The Labute approximate surface area is 189 Å². The first kappa shape index (κ1) is 24.9. The molecule has 1 fully saturated rings. The fraction of sp³-hybridized carbons (Fsp3) is 0.625. The van der Waals surface area contributed by atoms with E-state index >= 15 is 0 Å². The highest BCUT2D eigenvalue weighted by Crippen LogP contribution is 2.35. The van der Waals surface area contributed by atoms with Gasteiger partial charge in [-0.1, -0.05) is 18.8 Å². The number of carbonyl (C=O) groups excluding carboxylic acids is 2. The Morgan fingerprint density at radius 3 is 2.35 bits per heavy atom. The summed E-state index contributed by atoms with van der Waals surface area (Å²) in [5.41, 5.74) is 0.0251. The van der Waals surface area contributed by atoms with Gasteiger partial charge in [0.1, 0.15) is 11.4 Å². The maximum absolute atomic E-state index is 13.4. The monoisotopic (exact) mass is 446 g/mol. The van der Waals surface area contributed by atoms with Crippen molar-refractivity contribution in [2.45, 2.75) is 73.3 Å². The lowest BCUT2D eigenvalue weighted by Crippen LogP contribution is -2.45. The van der Waals surface area contributed by atoms with E-state index in [2.05, 4.69) is 24.1 Å². The van der Waals surface area contributed by atoms with Crippen LogP contribution >= 0.6 is 11.3 Å². The molecule has 170 valence electrons. The molecule has 0 radical (unpaired) electrons. The lowest BCUT2D eigenvalue weighted by molar-refractivity contribution is -0.126. The van der Waals surface area contributed by atoms with Crippen molar-refractivity contribution in [2.24, 2.45) is 17.3 Å². The van der Waals surface area contributed by atoms with E-state index < -0.39 is 5.97 Å². The Balaban J connectivity index is 2.44. The quantitative estimate of drug-likeness (QED) is 0.629. The van der Waals surface area contributed by atoms with E-state index in [0.29, 0.717) is 10.8 Å². The summed E-state index contributed by atoms with van der Waals surface area (Å²) in [6, 6.07) is 1.56. The number of carboxylic acids is 1. The van der Waals surface area contributed by atoms with Crippen LogP contribution in [0, 0.1) is 29.1 Å². The molecule has 6 nitrogen and oxygen atoms in total. The molecule has 1 aliphatic rings. The third kappa shape index (κ3) is 7.39. The number of thiophene rings is 1. The summed E-state index contributed by atoms with van der Waals surface area (Å²) in [5, 5.41) is 12.6. The van der Waals surface area contributed by atoms with Crippen LogP contribution < -0.4 is 10.2 Å². The molecule has 1 saturated carbocycles. The average molecular weight is 447 g/mol. The molecule has 2 amide bonds. The number of nitrogens with zero attached hydrogens (tertiary/aromatic N) is 1. The van der Waals surface area contributed by atoms with Crippen LogP contribution in [0.1, 0.15) is 81.8 Å². The Kier molecular flexibility index (Phi) is 8.30. The molecule has 2 rings (SSSR count). The normalized spacial score (nSPS) is 18.8. The number of hydrogen-bond donors (Lipinski definition) is 2. The SMILES string of the molecule is CC1CCC(C(=O)N(CC(=O)NC(C)C)c2cc(C#CC(C)(C)C)sc2C(=O)O)CC1. The minimum atomic E-state index is -1.12. The van der Waals surface area contributed by atoms with Crippen LogP contribution in [0.5, 0.6) is 0 Å². The van der Waals surface area contributed by atoms with Crippen molar-refractivity contribution in [3.05, 3.63) is 15.8 Å². The molecule has 31 heavy (non-hydrogen) atoms. The summed E-state index contributed by atoms with van der Waals surface area (Å²) in [6.07, 6.45) is 3.43. The second kappa shape index (κ2) is 10.3. The molecule has 2 N–H and O–H groups in total. The fourth-order valence-corrected chi connectivity index (χ4v) is 4.42. The zero-order valence-electron chi connectivity index (χ0n) is 19.4. The summed E-state index contributed by atoms with van der Waals surface area (Å²) in [7, 11) is 0. The van der Waals surface area contributed by atoms with Crippen molar-refractivity contribution in [1.29, 1.82) is 0 Å². The van der Waals surface area contributed by atoms with Gasteiger partial charge in [-0.3, -0.25) is 9.59 Å². The molecular formula is C24H34N2O4S. The molecule has 0 aromatic carbocycles. The van der Waals surface area contributed by atoms with Crippen molar-refractivity contribution in [3.8, 4) is 11.8 Å². The Bertz CT molecular complexity index is 878. The first-order valence-corrected chi connectivity index (χ1v) is 11.7. The van der Waals surface area contributed by atoms with E-state index in [1.54, 1.807) is 6.07 Å².